The summed E-state index contributed by atoms with van der Waals surface area (Å²) in [5, 5.41) is 0. The van der Waals surface area contributed by atoms with Crippen LogP contribution in [0, 0.1) is 62.3 Å². The Hall–Kier alpha value is -4.68. The third kappa shape index (κ3) is 21.1. The minimum Gasteiger partial charge on any atom is -0.0620 e. The van der Waals surface area contributed by atoms with Crippen LogP contribution in [0.1, 0.15) is 208 Å². The molecule has 6 rings (SSSR count). The summed E-state index contributed by atoms with van der Waals surface area (Å²) in [6.07, 6.45) is 0. The van der Waals surface area contributed by atoms with E-state index in [1.807, 2.05) is 0 Å². The van der Waals surface area contributed by atoms with Crippen molar-refractivity contribution in [3.63, 3.8) is 0 Å². The molecule has 0 nitrogen and oxygen atoms in total. The summed E-state index contributed by atoms with van der Waals surface area (Å²) in [7, 11) is 0. The van der Waals surface area contributed by atoms with Gasteiger partial charge in [0.1, 0.15) is 0 Å². The van der Waals surface area contributed by atoms with E-state index in [9.17, 15) is 0 Å². The van der Waals surface area contributed by atoms with E-state index < -0.39 is 0 Å². The van der Waals surface area contributed by atoms with Crippen LogP contribution in [0.15, 0.2) is 127 Å². The van der Waals surface area contributed by atoms with Gasteiger partial charge in [0.15, 0.2) is 0 Å². The van der Waals surface area contributed by atoms with Gasteiger partial charge in [-0.3, -0.25) is 0 Å². The van der Waals surface area contributed by atoms with Crippen LogP contribution in [0.4, 0.5) is 0 Å². The van der Waals surface area contributed by atoms with Crippen LogP contribution in [-0.2, 0) is 32.5 Å². The summed E-state index contributed by atoms with van der Waals surface area (Å²) < 4.78 is 0. The Bertz CT molecular complexity index is 2120. The molecule has 0 unspecified atom stereocenters. The number of hydrogen-bond acceptors (Lipinski definition) is 0. The topological polar surface area (TPSA) is 0 Å². The molecule has 0 atom stereocenters. The molecule has 0 aromatic heterocycles. The van der Waals surface area contributed by atoms with Gasteiger partial charge in [0, 0.05) is 0 Å². The molecule has 6 aromatic carbocycles. The Kier molecular flexibility index (Phi) is 23.5. The summed E-state index contributed by atoms with van der Waals surface area (Å²) in [6.45, 7) is 60.2. The van der Waals surface area contributed by atoms with E-state index in [1.165, 1.54) is 83.5 Å². The van der Waals surface area contributed by atoms with Gasteiger partial charge < -0.3 is 0 Å². The van der Waals surface area contributed by atoms with E-state index in [-0.39, 0.29) is 32.5 Å². The van der Waals surface area contributed by atoms with E-state index in [2.05, 4.69) is 314 Å². The van der Waals surface area contributed by atoms with Crippen molar-refractivity contribution in [3.05, 3.63) is 211 Å². The normalized spacial score (nSPS) is 11.7. The van der Waals surface area contributed by atoms with Crippen LogP contribution in [0.2, 0.25) is 0 Å². The standard InChI is InChI=1S/3C12H18.3C11H16/c3*1-9-7-6-8-10(2)11(9)12(3,4)5;3*1-9-7-5-6-8-10(9)11(2,3)4/h3*6-8H,1-5H3;3*5-8H,1-4H3. The van der Waals surface area contributed by atoms with Crippen LogP contribution in [0.25, 0.3) is 0 Å². The maximum Gasteiger partial charge on any atom is -0.0127 e. The fourth-order valence-electron chi connectivity index (χ4n) is 10.2. The largest absolute Gasteiger partial charge is 0.0620 e. The lowest BCUT2D eigenvalue weighted by molar-refractivity contribution is 0.581. The highest BCUT2D eigenvalue weighted by molar-refractivity contribution is 5.41. The number of aryl methyl sites for hydroxylation is 9. The lowest BCUT2D eigenvalue weighted by atomic mass is 9.81. The van der Waals surface area contributed by atoms with Crippen LogP contribution < -0.4 is 0 Å². The minimum atomic E-state index is 0.273. The average Bonchev–Trinajstić information content (AvgIpc) is 3.17. The lowest BCUT2D eigenvalue weighted by Gasteiger charge is -2.23. The Morgan fingerprint density at radius 1 is 0.174 bits per heavy atom. The van der Waals surface area contributed by atoms with Gasteiger partial charge in [-0.1, -0.05) is 252 Å². The highest BCUT2D eigenvalue weighted by Gasteiger charge is 2.20. The molecule has 0 aliphatic carbocycles. The van der Waals surface area contributed by atoms with Gasteiger partial charge in [0.25, 0.3) is 0 Å². The lowest BCUT2D eigenvalue weighted by Crippen LogP contribution is -2.14. The van der Waals surface area contributed by atoms with Crippen molar-refractivity contribution < 1.29 is 0 Å². The molecule has 378 valence electrons. The van der Waals surface area contributed by atoms with Crippen LogP contribution in [-0.4, -0.2) is 0 Å². The summed E-state index contributed by atoms with van der Waals surface area (Å²) in [4.78, 5) is 0. The predicted octanol–water partition coefficient (Wildman–Crippen LogP) is 20.7. The van der Waals surface area contributed by atoms with Gasteiger partial charge in [-0.15, -0.1) is 0 Å². The molecule has 0 spiro atoms. The smallest absolute Gasteiger partial charge is 0.0127 e. The van der Waals surface area contributed by atoms with Gasteiger partial charge in [0.05, 0.1) is 0 Å². The molecule has 0 saturated carbocycles. The third-order valence-electron chi connectivity index (χ3n) is 12.6. The van der Waals surface area contributed by atoms with Crippen molar-refractivity contribution in [1.29, 1.82) is 0 Å². The second kappa shape index (κ2) is 26.0. The Balaban J connectivity index is 0.000000414. The zero-order valence-electron chi connectivity index (χ0n) is 49.6. The molecule has 0 amide bonds. The van der Waals surface area contributed by atoms with Crippen LogP contribution >= 0.6 is 0 Å². The van der Waals surface area contributed by atoms with Crippen molar-refractivity contribution in [2.75, 3.05) is 0 Å². The highest BCUT2D eigenvalue weighted by atomic mass is 14.3. The first kappa shape index (κ1) is 62.3. The fourth-order valence-corrected chi connectivity index (χ4v) is 10.2. The molecule has 0 heterocycles. The minimum absolute atomic E-state index is 0.273. The van der Waals surface area contributed by atoms with E-state index in [4.69, 9.17) is 0 Å². The monoisotopic (exact) mass is 931 g/mol. The van der Waals surface area contributed by atoms with Gasteiger partial charge in [0.2, 0.25) is 0 Å². The van der Waals surface area contributed by atoms with Crippen LogP contribution in [0.5, 0.6) is 0 Å². The van der Waals surface area contributed by atoms with E-state index >= 15 is 0 Å². The van der Waals surface area contributed by atoms with Crippen molar-refractivity contribution in [1.82, 2.24) is 0 Å². The first-order valence-corrected chi connectivity index (χ1v) is 25.7. The van der Waals surface area contributed by atoms with Gasteiger partial charge >= 0.3 is 0 Å². The molecule has 69 heavy (non-hydrogen) atoms. The first-order chi connectivity index (χ1) is 31.3. The SMILES string of the molecule is Cc1cccc(C)c1C(C)(C)C.Cc1cccc(C)c1C(C)(C)C.Cc1cccc(C)c1C(C)(C)C.Cc1ccccc1C(C)(C)C.Cc1ccccc1C(C)(C)C.Cc1ccccc1C(C)(C)C. The fraction of sp³-hybridized carbons (Fsp3) is 0.478. The number of hydrogen-bond donors (Lipinski definition) is 0. The molecule has 6 aromatic rings. The molecule has 0 N–H and O–H groups in total. The summed E-state index contributed by atoms with van der Waals surface area (Å²) >= 11 is 0. The zero-order valence-corrected chi connectivity index (χ0v) is 49.6. The van der Waals surface area contributed by atoms with Crippen molar-refractivity contribution in [3.8, 4) is 0 Å². The Morgan fingerprint density at radius 3 is 0.420 bits per heavy atom. The van der Waals surface area contributed by atoms with E-state index in [0.717, 1.165) is 0 Å². The van der Waals surface area contributed by atoms with Gasteiger partial charge in [-0.25, -0.2) is 0 Å². The predicted molar refractivity (Wildman–Crippen MR) is 313 cm³/mol. The summed E-state index contributed by atoms with van der Waals surface area (Å²) in [5.74, 6) is 0. The van der Waals surface area contributed by atoms with Crippen LogP contribution in [0.3, 0.4) is 0 Å². The van der Waals surface area contributed by atoms with Crippen molar-refractivity contribution >= 4 is 0 Å². The van der Waals surface area contributed by atoms with Crippen molar-refractivity contribution in [2.24, 2.45) is 0 Å². The molecular weight excluding hydrogens is 829 g/mol. The van der Waals surface area contributed by atoms with Crippen molar-refractivity contribution in [2.45, 2.75) is 219 Å². The molecule has 0 bridgehead atoms. The molecule has 0 fully saturated rings. The molecule has 0 saturated heterocycles. The Labute approximate surface area is 428 Å². The maximum absolute atomic E-state index is 2.27. The van der Waals surface area contributed by atoms with E-state index in [1.54, 1.807) is 0 Å². The molecular formula is C69H102. The first-order valence-electron chi connectivity index (χ1n) is 25.7. The third-order valence-corrected chi connectivity index (χ3v) is 12.6. The highest BCUT2D eigenvalue weighted by Crippen LogP contribution is 2.31. The quantitative estimate of drug-likeness (QED) is 0.142. The molecule has 0 aliphatic heterocycles. The van der Waals surface area contributed by atoms with Gasteiger partial charge in [-0.05, 0) is 178 Å². The molecule has 0 aliphatic rings. The second-order valence-corrected chi connectivity index (χ2v) is 25.7. The van der Waals surface area contributed by atoms with Gasteiger partial charge in [-0.2, -0.15) is 0 Å². The van der Waals surface area contributed by atoms with E-state index in [0.29, 0.717) is 0 Å². The summed E-state index contributed by atoms with van der Waals surface area (Å²) in [5.41, 5.74) is 23.1. The maximum atomic E-state index is 2.27. The Morgan fingerprint density at radius 2 is 0.319 bits per heavy atom. The second-order valence-electron chi connectivity index (χ2n) is 25.7. The zero-order chi connectivity index (χ0) is 53.5. The average molecular weight is 932 g/mol. The molecule has 0 radical (unpaired) electrons. The number of benzene rings is 6. The number of rotatable bonds is 0. The molecule has 0 heteroatoms. The summed E-state index contributed by atoms with van der Waals surface area (Å²) in [6, 6.07) is 45.2.